The van der Waals surface area contributed by atoms with Gasteiger partial charge in [0.1, 0.15) is 6.61 Å². The second-order valence-electron chi connectivity index (χ2n) is 8.83. The third-order valence-electron chi connectivity index (χ3n) is 7.07. The minimum Gasteiger partial charge on any atom is -0.447 e. The number of ether oxygens (including phenoxy) is 1. The minimum atomic E-state index is -0.351. The van der Waals surface area contributed by atoms with Crippen molar-refractivity contribution >= 4 is 12.0 Å². The summed E-state index contributed by atoms with van der Waals surface area (Å²) >= 11 is 0. The molecule has 2 amide bonds. The molecular formula is C22H30N2O3. The Morgan fingerprint density at radius 3 is 2.52 bits per heavy atom. The maximum atomic E-state index is 12.7. The molecule has 146 valence electrons. The van der Waals surface area contributed by atoms with Gasteiger partial charge in [0.15, 0.2) is 0 Å². The first-order chi connectivity index (χ1) is 12.9. The van der Waals surface area contributed by atoms with Gasteiger partial charge in [-0.05, 0) is 55.1 Å². The number of hydrogen-bond donors (Lipinski definition) is 1. The summed E-state index contributed by atoms with van der Waals surface area (Å²) in [5.41, 5.74) is 2.52. The molecule has 1 heterocycles. The number of nitrogens with zero attached hydrogens (tertiary/aromatic N) is 1. The van der Waals surface area contributed by atoms with Gasteiger partial charge in [0.05, 0.1) is 5.54 Å². The van der Waals surface area contributed by atoms with Crippen molar-refractivity contribution in [2.24, 2.45) is 5.92 Å². The Bertz CT molecular complexity index is 718. The second kappa shape index (κ2) is 6.84. The first kappa shape index (κ1) is 18.3. The molecule has 1 saturated heterocycles. The molecule has 1 aromatic carbocycles. The topological polar surface area (TPSA) is 58.6 Å². The summed E-state index contributed by atoms with van der Waals surface area (Å²) in [6.07, 6.45) is 4.31. The Morgan fingerprint density at radius 1 is 1.30 bits per heavy atom. The van der Waals surface area contributed by atoms with Gasteiger partial charge >= 0.3 is 6.09 Å². The Morgan fingerprint density at radius 2 is 1.96 bits per heavy atom. The summed E-state index contributed by atoms with van der Waals surface area (Å²) in [6.45, 7) is 4.89. The molecule has 1 N–H and O–H groups in total. The summed E-state index contributed by atoms with van der Waals surface area (Å²) < 4.78 is 5.00. The van der Waals surface area contributed by atoms with Gasteiger partial charge in [-0.1, -0.05) is 38.1 Å². The molecule has 4 rings (SSSR count). The van der Waals surface area contributed by atoms with E-state index in [4.69, 9.17) is 4.74 Å². The highest BCUT2D eigenvalue weighted by atomic mass is 16.6. The fourth-order valence-electron chi connectivity index (χ4n) is 4.75. The van der Waals surface area contributed by atoms with Crippen molar-refractivity contribution in [3.63, 3.8) is 0 Å². The lowest BCUT2D eigenvalue weighted by Gasteiger charge is -2.47. The number of hydrogen-bond acceptors (Lipinski definition) is 3. The predicted octanol–water partition coefficient (Wildman–Crippen LogP) is 3.79. The highest BCUT2D eigenvalue weighted by molar-refractivity contribution is 5.81. The van der Waals surface area contributed by atoms with Crippen LogP contribution < -0.4 is 5.32 Å². The standard InChI is InChI=1S/C22H30N2O3/c1-4-14(2)15-5-7-16(8-6-15)17-9-19(10-17)24(3)20(25)18-11-22(12-18)13-27-21(26)23-22/h5-8,14,17-19H,4,9-13H2,1-3H3,(H,23,26)/t14?,17-,18-,19+,22+. The Kier molecular flexibility index (Phi) is 4.65. The third-order valence-corrected chi connectivity index (χ3v) is 7.07. The molecule has 2 aliphatic carbocycles. The van der Waals surface area contributed by atoms with E-state index in [-0.39, 0.29) is 23.5 Å². The van der Waals surface area contributed by atoms with Gasteiger partial charge in [0, 0.05) is 19.0 Å². The zero-order valence-electron chi connectivity index (χ0n) is 16.5. The molecular weight excluding hydrogens is 340 g/mol. The Balaban J connectivity index is 1.27. The van der Waals surface area contributed by atoms with Gasteiger partial charge in [-0.2, -0.15) is 0 Å². The summed E-state index contributed by atoms with van der Waals surface area (Å²) in [5, 5.41) is 2.86. The monoisotopic (exact) mass is 370 g/mol. The number of alkyl carbamates (subject to hydrolysis) is 1. The number of cyclic esters (lactones) is 1. The number of amides is 2. The summed E-state index contributed by atoms with van der Waals surface area (Å²) in [7, 11) is 1.93. The van der Waals surface area contributed by atoms with E-state index in [1.165, 1.54) is 11.1 Å². The number of carbonyl (C=O) groups is 2. The van der Waals surface area contributed by atoms with Gasteiger partial charge in [0.2, 0.25) is 5.91 Å². The molecule has 0 aromatic heterocycles. The molecule has 1 atom stereocenters. The molecule has 1 aromatic rings. The van der Waals surface area contributed by atoms with Crippen LogP contribution in [0.15, 0.2) is 24.3 Å². The lowest BCUT2D eigenvalue weighted by atomic mass is 9.67. The lowest BCUT2D eigenvalue weighted by molar-refractivity contribution is -0.143. The summed E-state index contributed by atoms with van der Waals surface area (Å²) in [5.74, 6) is 1.41. The number of benzene rings is 1. The van der Waals surface area contributed by atoms with E-state index in [0.29, 0.717) is 37.3 Å². The second-order valence-corrected chi connectivity index (χ2v) is 8.83. The van der Waals surface area contributed by atoms with E-state index in [2.05, 4.69) is 43.4 Å². The van der Waals surface area contributed by atoms with Crippen molar-refractivity contribution < 1.29 is 14.3 Å². The van der Waals surface area contributed by atoms with E-state index >= 15 is 0 Å². The van der Waals surface area contributed by atoms with Crippen LogP contribution in [0.3, 0.4) is 0 Å². The van der Waals surface area contributed by atoms with E-state index in [9.17, 15) is 9.59 Å². The maximum absolute atomic E-state index is 12.7. The summed E-state index contributed by atoms with van der Waals surface area (Å²) in [4.78, 5) is 25.9. The lowest BCUT2D eigenvalue weighted by Crippen LogP contribution is -2.59. The SMILES string of the molecule is CCC(C)c1ccc([C@H]2C[C@@H](N(C)C(=O)[C@H]3C[C@]4(COC(=O)N4)C3)C2)cc1. The third kappa shape index (κ3) is 3.32. The van der Waals surface area contributed by atoms with Gasteiger partial charge in [-0.15, -0.1) is 0 Å². The van der Waals surface area contributed by atoms with Crippen LogP contribution in [0.4, 0.5) is 4.79 Å². The van der Waals surface area contributed by atoms with Crippen LogP contribution in [0, 0.1) is 5.92 Å². The normalized spacial score (nSPS) is 32.9. The molecule has 3 fully saturated rings. The van der Waals surface area contributed by atoms with Gasteiger partial charge in [0.25, 0.3) is 0 Å². The largest absolute Gasteiger partial charge is 0.447 e. The fraction of sp³-hybridized carbons (Fsp3) is 0.636. The average molecular weight is 370 g/mol. The number of nitrogens with one attached hydrogen (secondary N) is 1. The number of carbonyl (C=O) groups excluding carboxylic acids is 2. The molecule has 2 saturated carbocycles. The molecule has 5 nitrogen and oxygen atoms in total. The van der Waals surface area contributed by atoms with Crippen LogP contribution in [0.2, 0.25) is 0 Å². The molecule has 5 heteroatoms. The smallest absolute Gasteiger partial charge is 0.407 e. The molecule has 1 spiro atoms. The number of rotatable bonds is 5. The van der Waals surface area contributed by atoms with E-state index in [1.807, 2.05) is 11.9 Å². The van der Waals surface area contributed by atoms with Crippen molar-refractivity contribution in [2.75, 3.05) is 13.7 Å². The van der Waals surface area contributed by atoms with E-state index in [0.717, 1.165) is 19.3 Å². The Labute approximate surface area is 161 Å². The van der Waals surface area contributed by atoms with Crippen molar-refractivity contribution in [3.8, 4) is 0 Å². The zero-order valence-corrected chi connectivity index (χ0v) is 16.5. The molecule has 0 radical (unpaired) electrons. The van der Waals surface area contributed by atoms with Crippen molar-refractivity contribution in [2.45, 2.75) is 69.4 Å². The first-order valence-corrected chi connectivity index (χ1v) is 10.2. The zero-order chi connectivity index (χ0) is 19.2. The van der Waals surface area contributed by atoms with E-state index < -0.39 is 0 Å². The predicted molar refractivity (Wildman–Crippen MR) is 104 cm³/mol. The minimum absolute atomic E-state index is 0.0193. The van der Waals surface area contributed by atoms with Crippen LogP contribution in [-0.2, 0) is 9.53 Å². The maximum Gasteiger partial charge on any atom is 0.407 e. The molecule has 3 aliphatic rings. The fourth-order valence-corrected chi connectivity index (χ4v) is 4.75. The molecule has 0 bridgehead atoms. The van der Waals surface area contributed by atoms with Crippen LogP contribution >= 0.6 is 0 Å². The van der Waals surface area contributed by atoms with Crippen molar-refractivity contribution in [3.05, 3.63) is 35.4 Å². The van der Waals surface area contributed by atoms with E-state index in [1.54, 1.807) is 0 Å². The molecule has 1 unspecified atom stereocenters. The summed E-state index contributed by atoms with van der Waals surface area (Å²) in [6, 6.07) is 9.39. The average Bonchev–Trinajstić information content (AvgIpc) is 3.00. The molecule has 1 aliphatic heterocycles. The van der Waals surface area contributed by atoms with Crippen LogP contribution in [0.5, 0.6) is 0 Å². The van der Waals surface area contributed by atoms with Gasteiger partial charge < -0.3 is 15.0 Å². The van der Waals surface area contributed by atoms with Crippen molar-refractivity contribution in [1.82, 2.24) is 10.2 Å². The van der Waals surface area contributed by atoms with Crippen LogP contribution in [-0.4, -0.2) is 42.1 Å². The van der Waals surface area contributed by atoms with Crippen LogP contribution in [0.25, 0.3) is 0 Å². The van der Waals surface area contributed by atoms with Gasteiger partial charge in [-0.25, -0.2) is 4.79 Å². The Hall–Kier alpha value is -2.04. The van der Waals surface area contributed by atoms with Crippen LogP contribution in [0.1, 0.15) is 68.9 Å². The highest BCUT2D eigenvalue weighted by Crippen LogP contribution is 2.44. The van der Waals surface area contributed by atoms with Gasteiger partial charge in [-0.3, -0.25) is 4.79 Å². The molecule has 27 heavy (non-hydrogen) atoms. The highest BCUT2D eigenvalue weighted by Gasteiger charge is 2.53. The first-order valence-electron chi connectivity index (χ1n) is 10.2. The van der Waals surface area contributed by atoms with Crippen molar-refractivity contribution in [1.29, 1.82) is 0 Å². The quantitative estimate of drug-likeness (QED) is 0.858.